The van der Waals surface area contributed by atoms with Crippen molar-refractivity contribution in [2.75, 3.05) is 31.1 Å². The van der Waals surface area contributed by atoms with Gasteiger partial charge in [0.25, 0.3) is 0 Å². The molecule has 2 saturated heterocycles. The van der Waals surface area contributed by atoms with Crippen molar-refractivity contribution in [1.82, 2.24) is 24.4 Å². The highest BCUT2D eigenvalue weighted by molar-refractivity contribution is 5.76. The highest BCUT2D eigenvalue weighted by atomic mass is 16.2. The van der Waals surface area contributed by atoms with Gasteiger partial charge in [0, 0.05) is 51.0 Å². The Morgan fingerprint density at radius 1 is 1.04 bits per heavy atom. The topological polar surface area (TPSA) is 67.2 Å². The van der Waals surface area contributed by atoms with Gasteiger partial charge >= 0.3 is 0 Å². The smallest absolute Gasteiger partial charge is 0.242 e. The van der Waals surface area contributed by atoms with Gasteiger partial charge in [0.05, 0.1) is 6.33 Å². The first-order chi connectivity index (χ1) is 12.3. The van der Waals surface area contributed by atoms with Crippen molar-refractivity contribution in [1.29, 1.82) is 0 Å². The van der Waals surface area contributed by atoms with Crippen LogP contribution in [0, 0.1) is 11.8 Å². The zero-order chi connectivity index (χ0) is 17.1. The molecule has 4 rings (SSSR count). The van der Waals surface area contributed by atoms with Crippen LogP contribution in [0.3, 0.4) is 0 Å². The SMILES string of the molecule is O=C(Cn1ccnc1)N1CCC(C2CCN(c3ncccn3)CC2)C1. The third-order valence-corrected chi connectivity index (χ3v) is 5.50. The van der Waals surface area contributed by atoms with Crippen LogP contribution in [-0.2, 0) is 11.3 Å². The van der Waals surface area contributed by atoms with Crippen LogP contribution in [0.5, 0.6) is 0 Å². The number of rotatable bonds is 4. The van der Waals surface area contributed by atoms with E-state index in [0.717, 1.165) is 51.4 Å². The Morgan fingerprint density at radius 2 is 1.80 bits per heavy atom. The Kier molecular flexibility index (Phi) is 4.63. The summed E-state index contributed by atoms with van der Waals surface area (Å²) in [5.41, 5.74) is 0. The summed E-state index contributed by atoms with van der Waals surface area (Å²) in [5, 5.41) is 0. The maximum absolute atomic E-state index is 12.4. The number of nitrogens with zero attached hydrogens (tertiary/aromatic N) is 6. The van der Waals surface area contributed by atoms with Crippen LogP contribution in [-0.4, -0.2) is 56.5 Å². The van der Waals surface area contributed by atoms with Gasteiger partial charge in [-0.15, -0.1) is 0 Å². The summed E-state index contributed by atoms with van der Waals surface area (Å²) in [6.45, 7) is 4.21. The summed E-state index contributed by atoms with van der Waals surface area (Å²) in [4.78, 5) is 29.4. The van der Waals surface area contributed by atoms with Gasteiger partial charge in [-0.1, -0.05) is 0 Å². The van der Waals surface area contributed by atoms with E-state index in [0.29, 0.717) is 18.4 Å². The molecule has 132 valence electrons. The van der Waals surface area contributed by atoms with Crippen molar-refractivity contribution in [2.45, 2.75) is 25.8 Å². The van der Waals surface area contributed by atoms with Crippen LogP contribution in [0.4, 0.5) is 5.95 Å². The highest BCUT2D eigenvalue weighted by Crippen LogP contribution is 2.32. The van der Waals surface area contributed by atoms with Crippen LogP contribution in [0.1, 0.15) is 19.3 Å². The first-order valence-electron chi connectivity index (χ1n) is 9.05. The average molecular weight is 340 g/mol. The minimum absolute atomic E-state index is 0.204. The quantitative estimate of drug-likeness (QED) is 0.842. The van der Waals surface area contributed by atoms with E-state index in [2.05, 4.69) is 19.9 Å². The van der Waals surface area contributed by atoms with E-state index < -0.39 is 0 Å². The molecule has 2 aliphatic heterocycles. The molecule has 2 fully saturated rings. The van der Waals surface area contributed by atoms with E-state index in [1.807, 2.05) is 21.7 Å². The summed E-state index contributed by atoms with van der Waals surface area (Å²) in [6.07, 6.45) is 12.3. The molecule has 4 heterocycles. The summed E-state index contributed by atoms with van der Waals surface area (Å²) in [7, 11) is 0. The Labute approximate surface area is 147 Å². The number of aromatic nitrogens is 4. The van der Waals surface area contributed by atoms with Gasteiger partial charge in [-0.3, -0.25) is 4.79 Å². The van der Waals surface area contributed by atoms with Crippen molar-refractivity contribution < 1.29 is 4.79 Å². The second-order valence-corrected chi connectivity index (χ2v) is 7.00. The normalized spacial score (nSPS) is 21.7. The van der Waals surface area contributed by atoms with Crippen molar-refractivity contribution in [3.8, 4) is 0 Å². The summed E-state index contributed by atoms with van der Waals surface area (Å²) < 4.78 is 1.84. The van der Waals surface area contributed by atoms with Crippen molar-refractivity contribution >= 4 is 11.9 Å². The Morgan fingerprint density at radius 3 is 2.52 bits per heavy atom. The molecule has 0 N–H and O–H groups in total. The number of imidazole rings is 1. The fourth-order valence-electron chi connectivity index (χ4n) is 4.06. The second kappa shape index (κ2) is 7.21. The Balaban J connectivity index is 1.27. The van der Waals surface area contributed by atoms with E-state index >= 15 is 0 Å². The van der Waals surface area contributed by atoms with Gasteiger partial charge in [-0.2, -0.15) is 0 Å². The third kappa shape index (κ3) is 3.65. The highest BCUT2D eigenvalue weighted by Gasteiger charge is 2.34. The average Bonchev–Trinajstić information content (AvgIpc) is 3.34. The lowest BCUT2D eigenvalue weighted by Crippen LogP contribution is -2.38. The van der Waals surface area contributed by atoms with E-state index in [1.165, 1.54) is 0 Å². The first kappa shape index (κ1) is 16.1. The Bertz CT molecular complexity index is 681. The lowest BCUT2D eigenvalue weighted by atomic mass is 9.84. The van der Waals surface area contributed by atoms with Crippen LogP contribution in [0.15, 0.2) is 37.2 Å². The van der Waals surface area contributed by atoms with Gasteiger partial charge in [-0.25, -0.2) is 15.0 Å². The van der Waals surface area contributed by atoms with E-state index in [1.54, 1.807) is 24.9 Å². The van der Waals surface area contributed by atoms with E-state index in [-0.39, 0.29) is 5.91 Å². The number of hydrogen-bond donors (Lipinski definition) is 0. The Hall–Kier alpha value is -2.44. The molecule has 25 heavy (non-hydrogen) atoms. The standard InChI is InChI=1S/C18H24N6O/c25-17(13-22-11-7-19-14-22)24-10-4-16(12-24)15-2-8-23(9-3-15)18-20-5-1-6-21-18/h1,5-7,11,14-16H,2-4,8-10,12-13H2. The maximum Gasteiger partial charge on any atom is 0.242 e. The largest absolute Gasteiger partial charge is 0.341 e. The molecule has 1 amide bonds. The number of likely N-dealkylation sites (tertiary alicyclic amines) is 1. The number of hydrogen-bond acceptors (Lipinski definition) is 5. The molecule has 0 bridgehead atoms. The number of carbonyl (C=O) groups is 1. The van der Waals surface area contributed by atoms with Gasteiger partial charge in [0.2, 0.25) is 11.9 Å². The lowest BCUT2D eigenvalue weighted by molar-refractivity contribution is -0.131. The van der Waals surface area contributed by atoms with Crippen LogP contribution < -0.4 is 4.90 Å². The predicted molar refractivity (Wildman–Crippen MR) is 93.9 cm³/mol. The molecule has 1 unspecified atom stereocenters. The van der Waals surface area contributed by atoms with E-state index in [9.17, 15) is 4.79 Å². The molecule has 1 atom stereocenters. The van der Waals surface area contributed by atoms with Crippen molar-refractivity contribution in [2.24, 2.45) is 11.8 Å². The first-order valence-corrected chi connectivity index (χ1v) is 9.05. The lowest BCUT2D eigenvalue weighted by Gasteiger charge is -2.34. The fraction of sp³-hybridized carbons (Fsp3) is 0.556. The molecule has 7 nitrogen and oxygen atoms in total. The zero-order valence-electron chi connectivity index (χ0n) is 14.4. The number of amides is 1. The molecule has 0 spiro atoms. The van der Waals surface area contributed by atoms with Crippen molar-refractivity contribution in [3.05, 3.63) is 37.2 Å². The van der Waals surface area contributed by atoms with Crippen molar-refractivity contribution in [3.63, 3.8) is 0 Å². The molecule has 2 aliphatic rings. The second-order valence-electron chi connectivity index (χ2n) is 7.00. The third-order valence-electron chi connectivity index (χ3n) is 5.50. The minimum atomic E-state index is 0.204. The summed E-state index contributed by atoms with van der Waals surface area (Å²) in [5.74, 6) is 2.37. The van der Waals surface area contributed by atoms with Gasteiger partial charge in [-0.05, 0) is 37.2 Å². The predicted octanol–water partition coefficient (Wildman–Crippen LogP) is 1.44. The number of carbonyl (C=O) groups excluding carboxylic acids is 1. The maximum atomic E-state index is 12.4. The molecule has 2 aromatic rings. The molecule has 7 heteroatoms. The fourth-order valence-corrected chi connectivity index (χ4v) is 4.06. The molecule has 0 saturated carbocycles. The van der Waals surface area contributed by atoms with E-state index in [4.69, 9.17) is 0 Å². The minimum Gasteiger partial charge on any atom is -0.341 e. The summed E-state index contributed by atoms with van der Waals surface area (Å²) in [6, 6.07) is 1.85. The van der Waals surface area contributed by atoms with Gasteiger partial charge < -0.3 is 14.4 Å². The van der Waals surface area contributed by atoms with Crippen LogP contribution >= 0.6 is 0 Å². The molecule has 0 radical (unpaired) electrons. The van der Waals surface area contributed by atoms with Crippen LogP contribution in [0.2, 0.25) is 0 Å². The molecule has 0 aromatic carbocycles. The summed E-state index contributed by atoms with van der Waals surface area (Å²) >= 11 is 0. The number of piperidine rings is 1. The number of anilines is 1. The van der Waals surface area contributed by atoms with Gasteiger partial charge in [0.1, 0.15) is 6.54 Å². The van der Waals surface area contributed by atoms with Gasteiger partial charge in [0.15, 0.2) is 0 Å². The zero-order valence-corrected chi connectivity index (χ0v) is 14.4. The molecular weight excluding hydrogens is 316 g/mol. The molecule has 2 aromatic heterocycles. The molecular formula is C18H24N6O. The van der Waals surface area contributed by atoms with Crippen LogP contribution in [0.25, 0.3) is 0 Å². The monoisotopic (exact) mass is 340 g/mol. The molecule has 0 aliphatic carbocycles.